The molecule has 0 saturated heterocycles. The number of benzene rings is 2. The number of ether oxygens (including phenoxy) is 1. The van der Waals surface area contributed by atoms with E-state index in [4.69, 9.17) is 4.74 Å². The first-order valence-electron chi connectivity index (χ1n) is 9.07. The molecule has 156 valence electrons. The van der Waals surface area contributed by atoms with Gasteiger partial charge in [-0.05, 0) is 37.6 Å². The SMILES string of the molecule is CCOc1ccccc1C(=O)NCC(=O)NC(C)c1ccccc1NS(C)(=O)=O. The fourth-order valence-electron chi connectivity index (χ4n) is 2.73. The number of hydrogen-bond acceptors (Lipinski definition) is 5. The first-order chi connectivity index (χ1) is 13.7. The molecule has 0 spiro atoms. The van der Waals surface area contributed by atoms with Crippen molar-refractivity contribution in [2.45, 2.75) is 19.9 Å². The van der Waals surface area contributed by atoms with Crippen LogP contribution in [0.25, 0.3) is 0 Å². The van der Waals surface area contributed by atoms with Crippen molar-refractivity contribution in [2.24, 2.45) is 0 Å². The molecule has 0 aliphatic heterocycles. The van der Waals surface area contributed by atoms with Crippen LogP contribution >= 0.6 is 0 Å². The molecule has 2 amide bonds. The first-order valence-corrected chi connectivity index (χ1v) is 11.0. The second kappa shape index (κ2) is 9.92. The van der Waals surface area contributed by atoms with Crippen LogP contribution < -0.4 is 20.1 Å². The van der Waals surface area contributed by atoms with Crippen molar-refractivity contribution in [1.29, 1.82) is 0 Å². The van der Waals surface area contributed by atoms with Gasteiger partial charge in [-0.15, -0.1) is 0 Å². The van der Waals surface area contributed by atoms with Crippen molar-refractivity contribution in [1.82, 2.24) is 10.6 Å². The van der Waals surface area contributed by atoms with Crippen molar-refractivity contribution in [3.05, 3.63) is 59.7 Å². The topological polar surface area (TPSA) is 114 Å². The molecule has 2 aromatic rings. The Balaban J connectivity index is 1.99. The normalized spacial score (nSPS) is 12.0. The third kappa shape index (κ3) is 6.79. The van der Waals surface area contributed by atoms with Gasteiger partial charge in [0.1, 0.15) is 5.75 Å². The van der Waals surface area contributed by atoms with E-state index in [1.54, 1.807) is 55.5 Å². The van der Waals surface area contributed by atoms with Crippen LogP contribution in [-0.4, -0.2) is 39.6 Å². The number of sulfonamides is 1. The van der Waals surface area contributed by atoms with Crippen LogP contribution in [0.15, 0.2) is 48.5 Å². The van der Waals surface area contributed by atoms with Crippen molar-refractivity contribution < 1.29 is 22.7 Å². The van der Waals surface area contributed by atoms with Crippen LogP contribution in [0.3, 0.4) is 0 Å². The van der Waals surface area contributed by atoms with Gasteiger partial charge in [0.2, 0.25) is 15.9 Å². The lowest BCUT2D eigenvalue weighted by Gasteiger charge is -2.18. The number of nitrogens with one attached hydrogen (secondary N) is 3. The van der Waals surface area contributed by atoms with Gasteiger partial charge in [0.25, 0.3) is 5.91 Å². The number of anilines is 1. The predicted octanol–water partition coefficient (Wildman–Crippen LogP) is 2.06. The minimum absolute atomic E-state index is 0.231. The lowest BCUT2D eigenvalue weighted by molar-refractivity contribution is -0.120. The Morgan fingerprint density at radius 1 is 1.07 bits per heavy atom. The summed E-state index contributed by atoms with van der Waals surface area (Å²) in [7, 11) is -3.45. The molecule has 0 fully saturated rings. The largest absolute Gasteiger partial charge is 0.493 e. The lowest BCUT2D eigenvalue weighted by atomic mass is 10.1. The molecule has 0 heterocycles. The molecule has 2 aromatic carbocycles. The number of carbonyl (C=O) groups excluding carboxylic acids is 2. The smallest absolute Gasteiger partial charge is 0.255 e. The van der Waals surface area contributed by atoms with E-state index < -0.39 is 27.9 Å². The number of para-hydroxylation sites is 2. The van der Waals surface area contributed by atoms with Gasteiger partial charge in [0.15, 0.2) is 0 Å². The standard InChI is InChI=1S/C20H25N3O5S/c1-4-28-18-12-8-6-10-16(18)20(25)21-13-19(24)22-14(2)15-9-5-7-11-17(15)23-29(3,26)27/h5-12,14,23H,4,13H2,1-3H3,(H,21,25)(H,22,24). The van der Waals surface area contributed by atoms with Crippen LogP contribution in [0, 0.1) is 0 Å². The average molecular weight is 420 g/mol. The zero-order valence-corrected chi connectivity index (χ0v) is 17.4. The number of amides is 2. The Bertz CT molecular complexity index is 976. The molecule has 0 bridgehead atoms. The fraction of sp³-hybridized carbons (Fsp3) is 0.300. The van der Waals surface area contributed by atoms with E-state index >= 15 is 0 Å². The Hall–Kier alpha value is -3.07. The molecule has 3 N–H and O–H groups in total. The van der Waals surface area contributed by atoms with Gasteiger partial charge < -0.3 is 15.4 Å². The van der Waals surface area contributed by atoms with E-state index in [0.29, 0.717) is 29.2 Å². The first kappa shape index (κ1) is 22.2. The molecule has 0 radical (unpaired) electrons. The summed E-state index contributed by atoms with van der Waals surface area (Å²) in [5, 5.41) is 5.31. The van der Waals surface area contributed by atoms with Crippen LogP contribution in [0.1, 0.15) is 35.8 Å². The Morgan fingerprint density at radius 3 is 2.41 bits per heavy atom. The van der Waals surface area contributed by atoms with E-state index in [1.807, 2.05) is 6.92 Å². The van der Waals surface area contributed by atoms with Gasteiger partial charge in [-0.25, -0.2) is 8.42 Å². The molecule has 29 heavy (non-hydrogen) atoms. The van der Waals surface area contributed by atoms with E-state index in [0.717, 1.165) is 6.26 Å². The van der Waals surface area contributed by atoms with E-state index in [2.05, 4.69) is 15.4 Å². The Morgan fingerprint density at radius 2 is 1.72 bits per heavy atom. The zero-order chi connectivity index (χ0) is 21.4. The highest BCUT2D eigenvalue weighted by Gasteiger charge is 2.17. The Labute approximate surface area is 170 Å². The lowest BCUT2D eigenvalue weighted by Crippen LogP contribution is -2.38. The van der Waals surface area contributed by atoms with Gasteiger partial charge in [0, 0.05) is 0 Å². The number of hydrogen-bond donors (Lipinski definition) is 3. The van der Waals surface area contributed by atoms with Crippen LogP contribution in [0.4, 0.5) is 5.69 Å². The molecule has 1 atom stereocenters. The van der Waals surface area contributed by atoms with E-state index in [1.165, 1.54) is 0 Å². The highest BCUT2D eigenvalue weighted by Crippen LogP contribution is 2.23. The highest BCUT2D eigenvalue weighted by molar-refractivity contribution is 7.92. The van der Waals surface area contributed by atoms with Crippen LogP contribution in [0.5, 0.6) is 5.75 Å². The van der Waals surface area contributed by atoms with Crippen molar-refractivity contribution in [2.75, 3.05) is 24.1 Å². The minimum Gasteiger partial charge on any atom is -0.493 e. The van der Waals surface area contributed by atoms with Crippen molar-refractivity contribution >= 4 is 27.5 Å². The van der Waals surface area contributed by atoms with Crippen molar-refractivity contribution in [3.63, 3.8) is 0 Å². The summed E-state index contributed by atoms with van der Waals surface area (Å²) >= 11 is 0. The molecular formula is C20H25N3O5S. The zero-order valence-electron chi connectivity index (χ0n) is 16.6. The molecular weight excluding hydrogens is 394 g/mol. The van der Waals surface area contributed by atoms with Gasteiger partial charge >= 0.3 is 0 Å². The summed E-state index contributed by atoms with van der Waals surface area (Å²) in [5.41, 5.74) is 1.34. The summed E-state index contributed by atoms with van der Waals surface area (Å²) < 4.78 is 30.9. The number of carbonyl (C=O) groups is 2. The van der Waals surface area contributed by atoms with Crippen LogP contribution in [-0.2, 0) is 14.8 Å². The maximum atomic E-state index is 12.4. The second-order valence-corrected chi connectivity index (χ2v) is 8.11. The molecule has 0 aliphatic rings. The summed E-state index contributed by atoms with van der Waals surface area (Å²) in [6.45, 7) is 3.74. The second-order valence-electron chi connectivity index (χ2n) is 6.36. The monoisotopic (exact) mass is 419 g/mol. The van der Waals surface area contributed by atoms with Crippen molar-refractivity contribution in [3.8, 4) is 5.75 Å². The third-order valence-electron chi connectivity index (χ3n) is 3.94. The molecule has 0 aliphatic carbocycles. The van der Waals surface area contributed by atoms with Gasteiger partial charge in [-0.1, -0.05) is 30.3 Å². The molecule has 2 rings (SSSR count). The molecule has 0 aromatic heterocycles. The Kier molecular flexibility index (Phi) is 7.60. The van der Waals surface area contributed by atoms with Gasteiger partial charge in [0.05, 0.1) is 36.7 Å². The molecule has 1 unspecified atom stereocenters. The van der Waals surface area contributed by atoms with E-state index in [-0.39, 0.29) is 6.54 Å². The summed E-state index contributed by atoms with van der Waals surface area (Å²) in [6, 6.07) is 13.1. The average Bonchev–Trinajstić information content (AvgIpc) is 2.66. The molecule has 8 nitrogen and oxygen atoms in total. The third-order valence-corrected chi connectivity index (χ3v) is 4.53. The van der Waals surface area contributed by atoms with E-state index in [9.17, 15) is 18.0 Å². The summed E-state index contributed by atoms with van der Waals surface area (Å²) in [5.74, 6) is -0.382. The highest BCUT2D eigenvalue weighted by atomic mass is 32.2. The summed E-state index contributed by atoms with van der Waals surface area (Å²) in [4.78, 5) is 24.6. The summed E-state index contributed by atoms with van der Waals surface area (Å²) in [6.07, 6.45) is 1.06. The van der Waals surface area contributed by atoms with Gasteiger partial charge in [-0.2, -0.15) is 0 Å². The maximum absolute atomic E-state index is 12.4. The van der Waals surface area contributed by atoms with Crippen LogP contribution in [0.2, 0.25) is 0 Å². The minimum atomic E-state index is -3.45. The van der Waals surface area contributed by atoms with Gasteiger partial charge in [-0.3, -0.25) is 14.3 Å². The number of rotatable bonds is 9. The molecule has 0 saturated carbocycles. The quantitative estimate of drug-likeness (QED) is 0.576. The maximum Gasteiger partial charge on any atom is 0.255 e. The molecule has 9 heteroatoms. The predicted molar refractivity (Wildman–Crippen MR) is 111 cm³/mol. The fourth-order valence-corrected chi connectivity index (χ4v) is 3.31.